The highest BCUT2D eigenvalue weighted by Crippen LogP contribution is 2.13. The molecule has 1 heterocycles. The molecule has 0 unspecified atom stereocenters. The van der Waals surface area contributed by atoms with Gasteiger partial charge in [0.2, 0.25) is 11.3 Å². The molecule has 154 valence electrons. The minimum absolute atomic E-state index is 0.0150. The van der Waals surface area contributed by atoms with Crippen molar-refractivity contribution in [1.82, 2.24) is 9.88 Å². The number of aromatic nitrogens is 1. The molecule has 0 fully saturated rings. The molecule has 0 spiro atoms. The van der Waals surface area contributed by atoms with Gasteiger partial charge in [-0.2, -0.15) is 0 Å². The van der Waals surface area contributed by atoms with E-state index in [-0.39, 0.29) is 29.7 Å². The number of aromatic hydroxyl groups is 1. The Morgan fingerprint density at radius 3 is 2.22 bits per heavy atom. The van der Waals surface area contributed by atoms with E-state index < -0.39 is 0 Å². The van der Waals surface area contributed by atoms with E-state index in [1.165, 1.54) is 38.2 Å². The number of amides is 1. The minimum atomic E-state index is -0.316. The molecule has 1 atom stereocenters. The van der Waals surface area contributed by atoms with Crippen LogP contribution in [0.2, 0.25) is 0 Å². The lowest BCUT2D eigenvalue weighted by atomic mass is 10.1. The summed E-state index contributed by atoms with van der Waals surface area (Å²) in [5.41, 5.74) is 0.325. The fourth-order valence-corrected chi connectivity index (χ4v) is 3.10. The van der Waals surface area contributed by atoms with Gasteiger partial charge in [-0.05, 0) is 26.7 Å². The molecule has 0 aliphatic carbocycles. The summed E-state index contributed by atoms with van der Waals surface area (Å²) in [6.07, 6.45) is 12.5. The second-order valence-corrected chi connectivity index (χ2v) is 7.39. The molecule has 0 aliphatic heterocycles. The van der Waals surface area contributed by atoms with Crippen LogP contribution in [0.25, 0.3) is 0 Å². The molecule has 0 radical (unpaired) electrons. The lowest BCUT2D eigenvalue weighted by molar-refractivity contribution is -0.122. The molecule has 1 rings (SSSR count). The Morgan fingerprint density at radius 1 is 1.07 bits per heavy atom. The van der Waals surface area contributed by atoms with Crippen LogP contribution in [0.4, 0.5) is 0 Å². The lowest BCUT2D eigenvalue weighted by Crippen LogP contribution is -2.34. The number of carbonyl (C=O) groups is 1. The smallest absolute Gasteiger partial charge is 0.223 e. The van der Waals surface area contributed by atoms with Crippen LogP contribution >= 0.6 is 0 Å². The van der Waals surface area contributed by atoms with Crippen LogP contribution in [0.15, 0.2) is 17.1 Å². The first kappa shape index (κ1) is 23.2. The third-order valence-electron chi connectivity index (χ3n) is 4.90. The number of aliphatic hydroxyl groups is 1. The fraction of sp³-hybridized carbons (Fsp3) is 0.714. The normalized spacial score (nSPS) is 12.1. The van der Waals surface area contributed by atoms with Crippen LogP contribution in [0.1, 0.15) is 76.8 Å². The zero-order valence-corrected chi connectivity index (χ0v) is 16.9. The standard InChI is InChI=1S/C21H36N2O4/c1-17(16-24)22-20(26)12-10-8-6-4-3-5-7-9-11-14-23-15-13-19(25)21(27)18(23)2/h13,15,17,24,27H,3-12,14,16H2,1-2H3,(H,22,26)/t17-/m0/s1. The van der Waals surface area contributed by atoms with Gasteiger partial charge in [0.05, 0.1) is 12.3 Å². The van der Waals surface area contributed by atoms with Gasteiger partial charge in [-0.15, -0.1) is 0 Å². The molecule has 6 nitrogen and oxygen atoms in total. The molecule has 0 saturated heterocycles. The Kier molecular flexibility index (Phi) is 11.5. The zero-order chi connectivity index (χ0) is 20.1. The summed E-state index contributed by atoms with van der Waals surface area (Å²) in [6, 6.07) is 1.26. The number of hydrogen-bond acceptors (Lipinski definition) is 4. The zero-order valence-electron chi connectivity index (χ0n) is 16.9. The second-order valence-electron chi connectivity index (χ2n) is 7.39. The number of nitrogens with one attached hydrogen (secondary N) is 1. The largest absolute Gasteiger partial charge is 0.503 e. The molecule has 0 aliphatic rings. The van der Waals surface area contributed by atoms with E-state index in [2.05, 4.69) is 5.32 Å². The van der Waals surface area contributed by atoms with Crippen LogP contribution in [0, 0.1) is 6.92 Å². The van der Waals surface area contributed by atoms with Crippen molar-refractivity contribution in [3.8, 4) is 5.75 Å². The van der Waals surface area contributed by atoms with Crippen LogP contribution < -0.4 is 10.7 Å². The second kappa shape index (κ2) is 13.4. The van der Waals surface area contributed by atoms with E-state index in [0.717, 1.165) is 32.2 Å². The summed E-state index contributed by atoms with van der Waals surface area (Å²) < 4.78 is 1.94. The predicted octanol–water partition coefficient (Wildman–Crippen LogP) is 3.26. The van der Waals surface area contributed by atoms with Crippen molar-refractivity contribution in [2.75, 3.05) is 6.61 Å². The number of carbonyl (C=O) groups excluding carboxylic acids is 1. The Labute approximate surface area is 162 Å². The number of hydrogen-bond donors (Lipinski definition) is 3. The lowest BCUT2D eigenvalue weighted by Gasteiger charge is -2.11. The van der Waals surface area contributed by atoms with Crippen LogP contribution in [-0.4, -0.2) is 33.3 Å². The highest BCUT2D eigenvalue weighted by Gasteiger charge is 2.06. The number of aryl methyl sites for hydroxylation is 1. The van der Waals surface area contributed by atoms with Crippen LogP contribution in [0.5, 0.6) is 5.75 Å². The molecular weight excluding hydrogens is 344 g/mol. The average molecular weight is 381 g/mol. The van der Waals surface area contributed by atoms with E-state index in [9.17, 15) is 14.7 Å². The Morgan fingerprint density at radius 2 is 1.63 bits per heavy atom. The maximum Gasteiger partial charge on any atom is 0.223 e. The molecule has 0 bridgehead atoms. The summed E-state index contributed by atoms with van der Waals surface area (Å²) in [5.74, 6) is -0.110. The number of nitrogens with zero attached hydrogens (tertiary/aromatic N) is 1. The highest BCUT2D eigenvalue weighted by molar-refractivity contribution is 5.76. The average Bonchev–Trinajstić information content (AvgIpc) is 2.65. The number of aliphatic hydroxyl groups excluding tert-OH is 1. The van der Waals surface area contributed by atoms with Gasteiger partial charge in [-0.3, -0.25) is 9.59 Å². The monoisotopic (exact) mass is 380 g/mol. The molecule has 0 saturated carbocycles. The highest BCUT2D eigenvalue weighted by atomic mass is 16.3. The third-order valence-corrected chi connectivity index (χ3v) is 4.90. The van der Waals surface area contributed by atoms with Gasteiger partial charge in [0.25, 0.3) is 0 Å². The van der Waals surface area contributed by atoms with Crippen molar-refractivity contribution >= 4 is 5.91 Å². The Bertz CT molecular complexity index is 613. The molecule has 1 aromatic rings. The molecule has 0 aromatic carbocycles. The Hall–Kier alpha value is -1.82. The van der Waals surface area contributed by atoms with E-state index >= 15 is 0 Å². The van der Waals surface area contributed by atoms with Crippen LogP contribution in [-0.2, 0) is 11.3 Å². The summed E-state index contributed by atoms with van der Waals surface area (Å²) in [5, 5.41) is 21.3. The predicted molar refractivity (Wildman–Crippen MR) is 108 cm³/mol. The van der Waals surface area contributed by atoms with Gasteiger partial charge >= 0.3 is 0 Å². The molecule has 1 amide bonds. The fourth-order valence-electron chi connectivity index (χ4n) is 3.10. The van der Waals surface area contributed by atoms with E-state index in [1.54, 1.807) is 20.0 Å². The summed E-state index contributed by atoms with van der Waals surface area (Å²) in [4.78, 5) is 22.9. The van der Waals surface area contributed by atoms with Gasteiger partial charge in [0, 0.05) is 31.3 Å². The first-order valence-corrected chi connectivity index (χ1v) is 10.2. The third kappa shape index (κ3) is 9.61. The van der Waals surface area contributed by atoms with Crippen molar-refractivity contribution in [2.24, 2.45) is 0 Å². The van der Waals surface area contributed by atoms with Crippen molar-refractivity contribution in [3.63, 3.8) is 0 Å². The van der Waals surface area contributed by atoms with Gasteiger partial charge in [-0.25, -0.2) is 0 Å². The first-order chi connectivity index (χ1) is 13.0. The van der Waals surface area contributed by atoms with Crippen molar-refractivity contribution in [1.29, 1.82) is 0 Å². The summed E-state index contributed by atoms with van der Waals surface area (Å²) >= 11 is 0. The van der Waals surface area contributed by atoms with Gasteiger partial charge in [0.15, 0.2) is 5.75 Å². The van der Waals surface area contributed by atoms with E-state index in [0.29, 0.717) is 12.1 Å². The van der Waals surface area contributed by atoms with Crippen LogP contribution in [0.3, 0.4) is 0 Å². The molecule has 1 aromatic heterocycles. The van der Waals surface area contributed by atoms with E-state index in [4.69, 9.17) is 5.11 Å². The minimum Gasteiger partial charge on any atom is -0.503 e. The van der Waals surface area contributed by atoms with Crippen molar-refractivity contribution in [3.05, 3.63) is 28.2 Å². The van der Waals surface area contributed by atoms with Crippen molar-refractivity contribution < 1.29 is 15.0 Å². The quantitative estimate of drug-likeness (QED) is 0.432. The molecular formula is C21H36N2O4. The maximum atomic E-state index is 11.6. The molecule has 6 heteroatoms. The number of unbranched alkanes of at least 4 members (excludes halogenated alkanes) is 8. The van der Waals surface area contributed by atoms with Gasteiger partial charge in [-0.1, -0.05) is 44.9 Å². The van der Waals surface area contributed by atoms with Gasteiger partial charge < -0.3 is 20.1 Å². The summed E-state index contributed by atoms with van der Waals surface area (Å²) in [6.45, 7) is 4.38. The SMILES string of the molecule is Cc1c(O)c(=O)ccn1CCCCCCCCCCCC(=O)N[C@@H](C)CO. The molecule has 27 heavy (non-hydrogen) atoms. The maximum absolute atomic E-state index is 11.6. The topological polar surface area (TPSA) is 91.6 Å². The summed E-state index contributed by atoms with van der Waals surface area (Å²) in [7, 11) is 0. The van der Waals surface area contributed by atoms with Crippen molar-refractivity contribution in [2.45, 2.75) is 90.6 Å². The number of rotatable bonds is 14. The number of pyridine rings is 1. The Balaban J connectivity index is 1.96. The van der Waals surface area contributed by atoms with Gasteiger partial charge in [0.1, 0.15) is 0 Å². The molecule has 3 N–H and O–H groups in total. The first-order valence-electron chi connectivity index (χ1n) is 10.2. The van der Waals surface area contributed by atoms with E-state index in [1.807, 2.05) is 4.57 Å².